The third kappa shape index (κ3) is 4.81. The van der Waals surface area contributed by atoms with Crippen LogP contribution in [0.2, 0.25) is 0 Å². The van der Waals surface area contributed by atoms with Crippen LogP contribution in [0.15, 0.2) is 42.5 Å². The highest BCUT2D eigenvalue weighted by Crippen LogP contribution is 2.28. The Balaban J connectivity index is 2.10. The molecule has 0 N–H and O–H groups in total. The van der Waals surface area contributed by atoms with Crippen molar-refractivity contribution in [3.8, 4) is 5.75 Å². The Kier molecular flexibility index (Phi) is 6.18. The van der Waals surface area contributed by atoms with Crippen molar-refractivity contribution in [2.24, 2.45) is 0 Å². The van der Waals surface area contributed by atoms with Crippen LogP contribution >= 0.6 is 0 Å². The largest absolute Gasteiger partial charge is 0.481 e. The third-order valence-electron chi connectivity index (χ3n) is 4.18. The Hall–Kier alpha value is -2.36. The second-order valence-corrected chi connectivity index (χ2v) is 6.74. The van der Waals surface area contributed by atoms with Crippen LogP contribution in [0.25, 0.3) is 0 Å². The fourth-order valence-corrected chi connectivity index (χ4v) is 2.73. The van der Waals surface area contributed by atoms with E-state index in [4.69, 9.17) is 4.74 Å². The van der Waals surface area contributed by atoms with Crippen molar-refractivity contribution in [2.45, 2.75) is 46.3 Å². The molecular weight excluding hydrogens is 317 g/mol. The third-order valence-corrected chi connectivity index (χ3v) is 4.18. The van der Waals surface area contributed by atoms with Gasteiger partial charge in [0.1, 0.15) is 11.6 Å². The predicted molar refractivity (Wildman–Crippen MR) is 98.2 cm³/mol. The SMILES string of the molecule is Cc1ccc(C(C)C)c(OC(C)C(=O)N(C)Cc2ccccc2F)c1. The fourth-order valence-electron chi connectivity index (χ4n) is 2.73. The van der Waals surface area contributed by atoms with Gasteiger partial charge in [0.2, 0.25) is 0 Å². The number of halogens is 1. The lowest BCUT2D eigenvalue weighted by Gasteiger charge is -2.24. The summed E-state index contributed by atoms with van der Waals surface area (Å²) < 4.78 is 19.7. The van der Waals surface area contributed by atoms with Gasteiger partial charge in [-0.2, -0.15) is 0 Å². The molecule has 2 rings (SSSR count). The van der Waals surface area contributed by atoms with Gasteiger partial charge >= 0.3 is 0 Å². The first kappa shape index (κ1) is 19.0. The van der Waals surface area contributed by atoms with Gasteiger partial charge in [0.15, 0.2) is 6.10 Å². The summed E-state index contributed by atoms with van der Waals surface area (Å²) in [4.78, 5) is 14.1. The normalized spacial score (nSPS) is 12.1. The first-order valence-electron chi connectivity index (χ1n) is 8.55. The van der Waals surface area contributed by atoms with Crippen LogP contribution in [0.5, 0.6) is 5.75 Å². The summed E-state index contributed by atoms with van der Waals surface area (Å²) in [6.45, 7) is 8.12. The highest BCUT2D eigenvalue weighted by atomic mass is 19.1. The molecule has 1 unspecified atom stereocenters. The number of benzene rings is 2. The van der Waals surface area contributed by atoms with Crippen LogP contribution < -0.4 is 4.74 Å². The zero-order valence-electron chi connectivity index (χ0n) is 15.5. The average Bonchev–Trinajstić information content (AvgIpc) is 2.55. The van der Waals surface area contributed by atoms with E-state index in [1.165, 1.54) is 11.0 Å². The second kappa shape index (κ2) is 8.15. The standard InChI is InChI=1S/C21H26FNO2/c1-14(2)18-11-10-15(3)12-20(18)25-16(4)21(24)23(5)13-17-8-6-7-9-19(17)22/h6-12,14,16H,13H2,1-5H3. The van der Waals surface area contributed by atoms with Crippen LogP contribution in [0.3, 0.4) is 0 Å². The molecule has 2 aromatic carbocycles. The number of amides is 1. The van der Waals surface area contributed by atoms with E-state index in [1.807, 2.05) is 25.1 Å². The molecule has 0 aliphatic carbocycles. The minimum atomic E-state index is -0.643. The smallest absolute Gasteiger partial charge is 0.263 e. The number of carbonyl (C=O) groups excluding carboxylic acids is 1. The Morgan fingerprint density at radius 3 is 2.48 bits per heavy atom. The van der Waals surface area contributed by atoms with E-state index in [-0.39, 0.29) is 18.3 Å². The summed E-state index contributed by atoms with van der Waals surface area (Å²) in [7, 11) is 1.66. The van der Waals surface area contributed by atoms with Crippen molar-refractivity contribution < 1.29 is 13.9 Å². The van der Waals surface area contributed by atoms with E-state index < -0.39 is 6.10 Å². The molecule has 0 radical (unpaired) electrons. The van der Waals surface area contributed by atoms with Crippen molar-refractivity contribution >= 4 is 5.91 Å². The summed E-state index contributed by atoms with van der Waals surface area (Å²) in [5.41, 5.74) is 2.64. The molecule has 0 aliphatic rings. The number of rotatable bonds is 6. The van der Waals surface area contributed by atoms with Gasteiger partial charge in [-0.05, 0) is 43.0 Å². The Morgan fingerprint density at radius 2 is 1.84 bits per heavy atom. The zero-order valence-corrected chi connectivity index (χ0v) is 15.5. The monoisotopic (exact) mass is 343 g/mol. The van der Waals surface area contributed by atoms with Crippen LogP contribution in [-0.4, -0.2) is 24.0 Å². The van der Waals surface area contributed by atoms with Crippen molar-refractivity contribution in [1.29, 1.82) is 0 Å². The molecular formula is C21H26FNO2. The topological polar surface area (TPSA) is 29.5 Å². The lowest BCUT2D eigenvalue weighted by atomic mass is 10.0. The maximum absolute atomic E-state index is 13.8. The summed E-state index contributed by atoms with van der Waals surface area (Å²) in [6, 6.07) is 12.5. The summed E-state index contributed by atoms with van der Waals surface area (Å²) in [5.74, 6) is 0.542. The predicted octanol–water partition coefficient (Wildman–Crippen LogP) is 4.68. The van der Waals surface area contributed by atoms with Crippen LogP contribution in [0.4, 0.5) is 4.39 Å². The molecule has 1 atom stereocenters. The molecule has 25 heavy (non-hydrogen) atoms. The Labute approximate surface area is 149 Å². The molecule has 4 heteroatoms. The van der Waals surface area contributed by atoms with Gasteiger partial charge in [-0.15, -0.1) is 0 Å². The highest BCUT2D eigenvalue weighted by Gasteiger charge is 2.21. The van der Waals surface area contributed by atoms with Crippen molar-refractivity contribution in [1.82, 2.24) is 4.90 Å². The number of hydrogen-bond acceptors (Lipinski definition) is 2. The number of carbonyl (C=O) groups is 1. The number of likely N-dealkylation sites (N-methyl/N-ethyl adjacent to an activating group) is 1. The number of hydrogen-bond donors (Lipinski definition) is 0. The van der Waals surface area contributed by atoms with E-state index in [9.17, 15) is 9.18 Å². The van der Waals surface area contributed by atoms with Gasteiger partial charge in [-0.1, -0.05) is 44.2 Å². The molecule has 1 amide bonds. The van der Waals surface area contributed by atoms with E-state index in [0.29, 0.717) is 11.5 Å². The quantitative estimate of drug-likeness (QED) is 0.762. The Bertz CT molecular complexity index is 742. The highest BCUT2D eigenvalue weighted by molar-refractivity contribution is 5.80. The minimum absolute atomic E-state index is 0.181. The first-order valence-corrected chi connectivity index (χ1v) is 8.55. The molecule has 0 bridgehead atoms. The molecule has 0 fully saturated rings. The molecule has 0 aromatic heterocycles. The molecule has 0 heterocycles. The van der Waals surface area contributed by atoms with Crippen molar-refractivity contribution in [3.05, 3.63) is 65.0 Å². The Morgan fingerprint density at radius 1 is 1.16 bits per heavy atom. The average molecular weight is 343 g/mol. The second-order valence-electron chi connectivity index (χ2n) is 6.74. The van der Waals surface area contributed by atoms with Gasteiger partial charge < -0.3 is 9.64 Å². The first-order chi connectivity index (χ1) is 11.8. The lowest BCUT2D eigenvalue weighted by molar-refractivity contribution is -0.137. The van der Waals surface area contributed by atoms with Gasteiger partial charge in [0.25, 0.3) is 5.91 Å². The maximum atomic E-state index is 13.8. The van der Waals surface area contributed by atoms with Crippen LogP contribution in [0, 0.1) is 12.7 Å². The van der Waals surface area contributed by atoms with Gasteiger partial charge in [-0.25, -0.2) is 4.39 Å². The van der Waals surface area contributed by atoms with Crippen LogP contribution in [0.1, 0.15) is 43.4 Å². The number of aryl methyl sites for hydroxylation is 1. The molecule has 0 spiro atoms. The van der Waals surface area contributed by atoms with E-state index in [0.717, 1.165) is 16.9 Å². The van der Waals surface area contributed by atoms with Crippen molar-refractivity contribution in [2.75, 3.05) is 7.05 Å². The fraction of sp³-hybridized carbons (Fsp3) is 0.381. The molecule has 3 nitrogen and oxygen atoms in total. The lowest BCUT2D eigenvalue weighted by Crippen LogP contribution is -2.37. The zero-order chi connectivity index (χ0) is 18.6. The van der Waals surface area contributed by atoms with Gasteiger partial charge in [-0.3, -0.25) is 4.79 Å². The van der Waals surface area contributed by atoms with Gasteiger partial charge in [0, 0.05) is 19.2 Å². The summed E-state index contributed by atoms with van der Waals surface area (Å²) in [5, 5.41) is 0. The molecule has 0 saturated heterocycles. The minimum Gasteiger partial charge on any atom is -0.481 e. The maximum Gasteiger partial charge on any atom is 0.263 e. The summed E-state index contributed by atoms with van der Waals surface area (Å²) in [6.07, 6.45) is -0.643. The summed E-state index contributed by atoms with van der Waals surface area (Å²) >= 11 is 0. The number of nitrogens with zero attached hydrogens (tertiary/aromatic N) is 1. The van der Waals surface area contributed by atoms with E-state index in [1.54, 1.807) is 32.2 Å². The molecule has 134 valence electrons. The molecule has 2 aromatic rings. The molecule has 0 saturated carbocycles. The van der Waals surface area contributed by atoms with E-state index in [2.05, 4.69) is 13.8 Å². The van der Waals surface area contributed by atoms with Crippen molar-refractivity contribution in [3.63, 3.8) is 0 Å². The number of ether oxygens (including phenoxy) is 1. The van der Waals surface area contributed by atoms with Crippen LogP contribution in [-0.2, 0) is 11.3 Å². The van der Waals surface area contributed by atoms with E-state index >= 15 is 0 Å². The molecule has 0 aliphatic heterocycles. The van der Waals surface area contributed by atoms with Gasteiger partial charge in [0.05, 0.1) is 0 Å².